The lowest BCUT2D eigenvalue weighted by Crippen LogP contribution is -2.43. The molecule has 1 aliphatic heterocycles. The number of hydrogen-bond acceptors (Lipinski definition) is 6. The van der Waals surface area contributed by atoms with Crippen LogP contribution in [-0.2, 0) is 11.3 Å². The van der Waals surface area contributed by atoms with E-state index >= 15 is 0 Å². The van der Waals surface area contributed by atoms with Gasteiger partial charge in [0.15, 0.2) is 5.75 Å². The molecule has 0 saturated carbocycles. The SMILES string of the molecule is C#Cc1cccc(Oc2cnc3ccccc3c2C(=O)N[C@@H](CON2C(=O)c3ccccc3C2=O)Cc2ccc(C)cc2Cl)c1. The lowest BCUT2D eigenvalue weighted by atomic mass is 10.0. The normalized spacial score (nSPS) is 13.0. The molecule has 2 heterocycles. The zero-order chi connectivity index (χ0) is 31.5. The van der Waals surface area contributed by atoms with Gasteiger partial charge in [-0.25, -0.2) is 0 Å². The monoisotopic (exact) mass is 615 g/mol. The quantitative estimate of drug-likeness (QED) is 0.149. The Balaban J connectivity index is 1.32. The second kappa shape index (κ2) is 12.6. The van der Waals surface area contributed by atoms with Crippen molar-refractivity contribution in [2.45, 2.75) is 19.4 Å². The Hall–Kier alpha value is -5.49. The van der Waals surface area contributed by atoms with E-state index in [-0.39, 0.29) is 35.5 Å². The van der Waals surface area contributed by atoms with Crippen LogP contribution < -0.4 is 10.1 Å². The molecule has 9 heteroatoms. The number of fused-ring (bicyclic) bond motifs is 2. The van der Waals surface area contributed by atoms with Gasteiger partial charge in [0.25, 0.3) is 17.7 Å². The highest BCUT2D eigenvalue weighted by molar-refractivity contribution is 6.31. The van der Waals surface area contributed by atoms with Crippen LogP contribution in [0.25, 0.3) is 10.9 Å². The van der Waals surface area contributed by atoms with Crippen LogP contribution in [0.2, 0.25) is 5.02 Å². The number of pyridine rings is 1. The van der Waals surface area contributed by atoms with E-state index in [1.165, 1.54) is 6.20 Å². The number of amides is 3. The smallest absolute Gasteiger partial charge is 0.285 e. The van der Waals surface area contributed by atoms with Crippen LogP contribution in [0.3, 0.4) is 0 Å². The van der Waals surface area contributed by atoms with Crippen LogP contribution in [0.5, 0.6) is 11.5 Å². The number of hydroxylamine groups is 2. The van der Waals surface area contributed by atoms with Crippen LogP contribution in [0.1, 0.15) is 47.8 Å². The number of terminal acetylenes is 1. The molecule has 0 spiro atoms. The lowest BCUT2D eigenvalue weighted by Gasteiger charge is -2.23. The maximum Gasteiger partial charge on any atom is 0.285 e. The minimum Gasteiger partial charge on any atom is -0.455 e. The van der Waals surface area contributed by atoms with Gasteiger partial charge in [0.1, 0.15) is 5.75 Å². The molecule has 0 fully saturated rings. The molecule has 4 aromatic carbocycles. The number of hydrogen-bond donors (Lipinski definition) is 1. The number of carbonyl (C=O) groups excluding carboxylic acids is 3. The number of benzene rings is 4. The number of nitrogens with zero attached hydrogens (tertiary/aromatic N) is 2. The van der Waals surface area contributed by atoms with Crippen molar-refractivity contribution in [1.82, 2.24) is 15.4 Å². The third-order valence-electron chi connectivity index (χ3n) is 7.37. The fraction of sp³-hybridized carbons (Fsp3) is 0.111. The Morgan fingerprint density at radius 1 is 0.978 bits per heavy atom. The summed E-state index contributed by atoms with van der Waals surface area (Å²) in [6.07, 6.45) is 7.30. The van der Waals surface area contributed by atoms with Crippen molar-refractivity contribution in [3.63, 3.8) is 0 Å². The minimum atomic E-state index is -0.716. The van der Waals surface area contributed by atoms with Crippen molar-refractivity contribution in [2.75, 3.05) is 6.61 Å². The van der Waals surface area contributed by atoms with E-state index in [4.69, 9.17) is 27.6 Å². The zero-order valence-electron chi connectivity index (χ0n) is 24.1. The first-order valence-electron chi connectivity index (χ1n) is 14.1. The van der Waals surface area contributed by atoms with Crippen molar-refractivity contribution in [2.24, 2.45) is 0 Å². The molecule has 0 radical (unpaired) electrons. The van der Waals surface area contributed by atoms with Crippen molar-refractivity contribution < 1.29 is 24.0 Å². The Labute approximate surface area is 264 Å². The van der Waals surface area contributed by atoms with E-state index in [2.05, 4.69) is 16.2 Å². The number of para-hydroxylation sites is 1. The standard InChI is InChI=1S/C36H26ClN3O5/c1-3-23-9-8-10-26(18-23)45-32-20-38-31-14-7-6-13-29(31)33(32)34(41)39-25(19-24-16-15-22(2)17-30(24)37)21-44-40-35(42)27-11-4-5-12-28(27)36(40)43/h1,4-18,20,25H,19,21H2,2H3,(H,39,41)/t25-/m1/s1. The summed E-state index contributed by atoms with van der Waals surface area (Å²) in [5, 5.41) is 4.84. The number of aryl methyl sites for hydroxylation is 1. The summed E-state index contributed by atoms with van der Waals surface area (Å²) in [5.41, 5.74) is 3.69. The maximum absolute atomic E-state index is 14.1. The van der Waals surface area contributed by atoms with Crippen LogP contribution in [-0.4, -0.2) is 40.4 Å². The Morgan fingerprint density at radius 2 is 1.71 bits per heavy atom. The largest absolute Gasteiger partial charge is 0.455 e. The molecule has 1 atom stereocenters. The number of halogens is 1. The van der Waals surface area contributed by atoms with Gasteiger partial charge in [-0.1, -0.05) is 66.1 Å². The van der Waals surface area contributed by atoms with Crippen molar-refractivity contribution in [3.05, 3.63) is 136 Å². The molecule has 0 aliphatic carbocycles. The number of imide groups is 1. The van der Waals surface area contributed by atoms with E-state index in [0.717, 1.165) is 16.2 Å². The Bertz CT molecular complexity index is 1980. The van der Waals surface area contributed by atoms with Crippen molar-refractivity contribution >= 4 is 40.2 Å². The average Bonchev–Trinajstić information content (AvgIpc) is 3.29. The number of carbonyl (C=O) groups is 3. The molecule has 6 rings (SSSR count). The first-order valence-corrected chi connectivity index (χ1v) is 14.5. The van der Waals surface area contributed by atoms with E-state index < -0.39 is 23.8 Å². The number of ether oxygens (including phenoxy) is 1. The molecule has 1 aromatic heterocycles. The summed E-state index contributed by atoms with van der Waals surface area (Å²) in [6.45, 7) is 1.72. The molecular weight excluding hydrogens is 590 g/mol. The number of aromatic nitrogens is 1. The summed E-state index contributed by atoms with van der Waals surface area (Å²) in [7, 11) is 0. The van der Waals surface area contributed by atoms with Gasteiger partial charge >= 0.3 is 0 Å². The molecule has 222 valence electrons. The summed E-state index contributed by atoms with van der Waals surface area (Å²) in [6, 6.07) is 25.5. The molecule has 5 aromatic rings. The highest BCUT2D eigenvalue weighted by atomic mass is 35.5. The van der Waals surface area contributed by atoms with Crippen LogP contribution in [0, 0.1) is 19.3 Å². The van der Waals surface area contributed by atoms with Gasteiger partial charge in [0, 0.05) is 16.0 Å². The minimum absolute atomic E-state index is 0.204. The molecule has 45 heavy (non-hydrogen) atoms. The van der Waals surface area contributed by atoms with Gasteiger partial charge in [0.2, 0.25) is 0 Å². The van der Waals surface area contributed by atoms with Crippen LogP contribution >= 0.6 is 11.6 Å². The molecule has 1 N–H and O–H groups in total. The summed E-state index contributed by atoms with van der Waals surface area (Å²) < 4.78 is 6.15. The second-order valence-corrected chi connectivity index (χ2v) is 10.9. The van der Waals surface area contributed by atoms with Gasteiger partial charge in [0.05, 0.1) is 41.1 Å². The predicted octanol–water partition coefficient (Wildman–Crippen LogP) is 6.54. The fourth-order valence-corrected chi connectivity index (χ4v) is 5.46. The molecule has 0 unspecified atom stereocenters. The van der Waals surface area contributed by atoms with Crippen LogP contribution in [0.4, 0.5) is 0 Å². The van der Waals surface area contributed by atoms with Gasteiger partial charge < -0.3 is 10.1 Å². The van der Waals surface area contributed by atoms with E-state index in [1.807, 2.05) is 31.2 Å². The van der Waals surface area contributed by atoms with Gasteiger partial charge in [-0.15, -0.1) is 11.5 Å². The summed E-state index contributed by atoms with van der Waals surface area (Å²) in [4.78, 5) is 50.4. The van der Waals surface area contributed by atoms with Gasteiger partial charge in [-0.2, -0.15) is 0 Å². The van der Waals surface area contributed by atoms with Gasteiger partial charge in [-0.05, 0) is 66.9 Å². The first-order chi connectivity index (χ1) is 21.8. The highest BCUT2D eigenvalue weighted by Crippen LogP contribution is 2.31. The molecule has 8 nitrogen and oxygen atoms in total. The first kappa shape index (κ1) is 29.6. The van der Waals surface area contributed by atoms with Gasteiger partial charge in [-0.3, -0.25) is 24.2 Å². The van der Waals surface area contributed by atoms with E-state index in [1.54, 1.807) is 66.7 Å². The molecule has 0 saturated heterocycles. The third kappa shape index (κ3) is 6.13. The Morgan fingerprint density at radius 3 is 2.44 bits per heavy atom. The maximum atomic E-state index is 14.1. The number of rotatable bonds is 9. The third-order valence-corrected chi connectivity index (χ3v) is 7.72. The zero-order valence-corrected chi connectivity index (χ0v) is 24.9. The lowest BCUT2D eigenvalue weighted by molar-refractivity contribution is -0.0968. The molecule has 3 amide bonds. The van der Waals surface area contributed by atoms with E-state index in [9.17, 15) is 14.4 Å². The molecule has 0 bridgehead atoms. The second-order valence-electron chi connectivity index (χ2n) is 10.5. The highest BCUT2D eigenvalue weighted by Gasteiger charge is 2.37. The predicted molar refractivity (Wildman–Crippen MR) is 170 cm³/mol. The Kier molecular flexibility index (Phi) is 8.30. The van der Waals surface area contributed by atoms with Crippen LogP contribution in [0.15, 0.2) is 97.2 Å². The molecule has 1 aliphatic rings. The van der Waals surface area contributed by atoms with Crippen molar-refractivity contribution in [1.29, 1.82) is 0 Å². The van der Waals surface area contributed by atoms with E-state index in [0.29, 0.717) is 27.2 Å². The fourth-order valence-electron chi connectivity index (χ4n) is 5.15. The summed E-state index contributed by atoms with van der Waals surface area (Å²) in [5.74, 6) is 1.61. The molecular formula is C36H26ClN3O5. The number of nitrogens with one attached hydrogen (secondary N) is 1. The topological polar surface area (TPSA) is 97.8 Å². The average molecular weight is 616 g/mol. The van der Waals surface area contributed by atoms with Crippen molar-refractivity contribution in [3.8, 4) is 23.8 Å². The summed E-state index contributed by atoms with van der Waals surface area (Å²) >= 11 is 6.57.